The van der Waals surface area contributed by atoms with Crippen LogP contribution >= 0.6 is 0 Å². The standard InChI is InChI=1S/C17H16N2O6/c1-10(20)4-6-13-15(21)18-9-19-16(13)25-14-8-11(23-2)5-7-12(14)17(22)24-3/h4-9H,1-3H3,(H,18,19,21)/b6-4+. The Labute approximate surface area is 143 Å². The minimum absolute atomic E-state index is 0.0383. The fourth-order valence-corrected chi connectivity index (χ4v) is 1.92. The van der Waals surface area contributed by atoms with Crippen molar-refractivity contribution in [2.45, 2.75) is 6.92 Å². The van der Waals surface area contributed by atoms with Gasteiger partial charge < -0.3 is 19.2 Å². The van der Waals surface area contributed by atoms with Crippen molar-refractivity contribution in [2.24, 2.45) is 0 Å². The highest BCUT2D eigenvalue weighted by atomic mass is 16.5. The van der Waals surface area contributed by atoms with Crippen molar-refractivity contribution in [1.29, 1.82) is 0 Å². The first-order chi connectivity index (χ1) is 12.0. The second kappa shape index (κ2) is 7.91. The lowest BCUT2D eigenvalue weighted by Gasteiger charge is -2.12. The molecule has 0 bridgehead atoms. The molecule has 130 valence electrons. The van der Waals surface area contributed by atoms with Crippen molar-refractivity contribution < 1.29 is 23.8 Å². The number of hydrogen-bond donors (Lipinski definition) is 1. The molecule has 0 saturated carbocycles. The third kappa shape index (κ3) is 4.31. The van der Waals surface area contributed by atoms with Crippen molar-refractivity contribution in [3.05, 3.63) is 52.1 Å². The van der Waals surface area contributed by atoms with Crippen LogP contribution in [0, 0.1) is 0 Å². The molecule has 0 atom stereocenters. The maximum Gasteiger partial charge on any atom is 0.341 e. The molecule has 8 nitrogen and oxygen atoms in total. The van der Waals surface area contributed by atoms with Crippen LogP contribution < -0.4 is 15.0 Å². The molecule has 1 aromatic heterocycles. The van der Waals surface area contributed by atoms with Crippen molar-refractivity contribution in [3.63, 3.8) is 0 Å². The molecule has 0 unspecified atom stereocenters. The summed E-state index contributed by atoms with van der Waals surface area (Å²) in [5, 5.41) is 0. The molecule has 1 aromatic carbocycles. The number of ketones is 1. The highest BCUT2D eigenvalue weighted by Crippen LogP contribution is 2.30. The monoisotopic (exact) mass is 344 g/mol. The number of ether oxygens (including phenoxy) is 3. The quantitative estimate of drug-likeness (QED) is 0.630. The summed E-state index contributed by atoms with van der Waals surface area (Å²) < 4.78 is 15.5. The maximum atomic E-state index is 12.0. The van der Waals surface area contributed by atoms with Crippen molar-refractivity contribution in [1.82, 2.24) is 9.97 Å². The zero-order chi connectivity index (χ0) is 18.4. The number of carbonyl (C=O) groups is 2. The molecule has 1 heterocycles. The van der Waals surface area contributed by atoms with Gasteiger partial charge in [0.05, 0.1) is 20.5 Å². The van der Waals surface area contributed by atoms with Gasteiger partial charge >= 0.3 is 5.97 Å². The summed E-state index contributed by atoms with van der Waals surface area (Å²) in [6.45, 7) is 1.35. The Morgan fingerprint density at radius 3 is 2.64 bits per heavy atom. The number of aromatic amines is 1. The molecule has 0 amide bonds. The van der Waals surface area contributed by atoms with Gasteiger partial charge in [-0.3, -0.25) is 9.59 Å². The zero-order valence-electron chi connectivity index (χ0n) is 13.9. The van der Waals surface area contributed by atoms with E-state index in [4.69, 9.17) is 14.2 Å². The first-order valence-electron chi connectivity index (χ1n) is 7.16. The molecular formula is C17H16N2O6. The van der Waals surface area contributed by atoms with E-state index in [0.717, 1.165) is 6.33 Å². The molecule has 1 N–H and O–H groups in total. The number of aromatic nitrogens is 2. The summed E-state index contributed by atoms with van der Waals surface area (Å²) in [6, 6.07) is 4.51. The molecule has 0 saturated heterocycles. The highest BCUT2D eigenvalue weighted by Gasteiger charge is 2.17. The van der Waals surface area contributed by atoms with Gasteiger partial charge in [-0.1, -0.05) is 0 Å². The summed E-state index contributed by atoms with van der Waals surface area (Å²) in [5.41, 5.74) is -0.326. The molecule has 0 spiro atoms. The van der Waals surface area contributed by atoms with Crippen LogP contribution in [0.15, 0.2) is 35.4 Å². The first-order valence-corrected chi connectivity index (χ1v) is 7.16. The first kappa shape index (κ1) is 17.9. The summed E-state index contributed by atoms with van der Waals surface area (Å²) in [5.74, 6) is -0.399. The molecule has 0 radical (unpaired) electrons. The molecule has 0 aliphatic rings. The number of hydrogen-bond acceptors (Lipinski definition) is 7. The Morgan fingerprint density at radius 1 is 1.24 bits per heavy atom. The molecule has 0 aliphatic heterocycles. The molecule has 8 heteroatoms. The highest BCUT2D eigenvalue weighted by molar-refractivity contribution is 5.93. The van der Waals surface area contributed by atoms with Crippen LogP contribution in [0.2, 0.25) is 0 Å². The van der Waals surface area contributed by atoms with Gasteiger partial charge in [0.2, 0.25) is 5.88 Å². The van der Waals surface area contributed by atoms with Crippen LogP contribution in [0.5, 0.6) is 17.4 Å². The van der Waals surface area contributed by atoms with E-state index in [9.17, 15) is 14.4 Å². The summed E-state index contributed by atoms with van der Waals surface area (Å²) in [6.07, 6.45) is 3.66. The lowest BCUT2D eigenvalue weighted by molar-refractivity contribution is -0.112. The van der Waals surface area contributed by atoms with Crippen LogP contribution in [0.1, 0.15) is 22.8 Å². The number of esters is 1. The van der Waals surface area contributed by atoms with Crippen LogP contribution in [0.3, 0.4) is 0 Å². The SMILES string of the molecule is COC(=O)c1ccc(OC)cc1Oc1nc[nH]c(=O)c1/C=C/C(C)=O. The summed E-state index contributed by atoms with van der Waals surface area (Å²) in [7, 11) is 2.70. The van der Waals surface area contributed by atoms with Crippen LogP contribution in [-0.2, 0) is 9.53 Å². The van der Waals surface area contributed by atoms with Gasteiger partial charge in [0.15, 0.2) is 5.78 Å². The Bertz CT molecular complexity index is 885. The second-order valence-corrected chi connectivity index (χ2v) is 4.85. The molecule has 0 fully saturated rings. The topological polar surface area (TPSA) is 108 Å². The van der Waals surface area contributed by atoms with Gasteiger partial charge in [0.1, 0.15) is 22.6 Å². The van der Waals surface area contributed by atoms with E-state index in [1.165, 1.54) is 45.4 Å². The summed E-state index contributed by atoms with van der Waals surface area (Å²) >= 11 is 0. The van der Waals surface area contributed by atoms with E-state index < -0.39 is 11.5 Å². The lowest BCUT2D eigenvalue weighted by atomic mass is 10.2. The number of nitrogens with one attached hydrogen (secondary N) is 1. The fraction of sp³-hybridized carbons (Fsp3) is 0.176. The average molecular weight is 344 g/mol. The molecule has 2 rings (SSSR count). The Hall–Kier alpha value is -3.42. The Kier molecular flexibility index (Phi) is 5.67. The number of benzene rings is 1. The minimum Gasteiger partial charge on any atom is -0.497 e. The maximum absolute atomic E-state index is 12.0. The molecule has 25 heavy (non-hydrogen) atoms. The van der Waals surface area contributed by atoms with Gasteiger partial charge in [-0.25, -0.2) is 9.78 Å². The zero-order valence-corrected chi connectivity index (χ0v) is 13.9. The van der Waals surface area contributed by atoms with Gasteiger partial charge in [-0.15, -0.1) is 0 Å². The lowest BCUT2D eigenvalue weighted by Crippen LogP contribution is -2.12. The minimum atomic E-state index is -0.622. The second-order valence-electron chi connectivity index (χ2n) is 4.85. The number of rotatable bonds is 6. The third-order valence-electron chi connectivity index (χ3n) is 3.14. The van der Waals surface area contributed by atoms with Gasteiger partial charge in [0, 0.05) is 6.07 Å². The predicted molar refractivity (Wildman–Crippen MR) is 89.0 cm³/mol. The molecule has 0 aliphatic carbocycles. The molecule has 2 aromatic rings. The van der Waals surface area contributed by atoms with Gasteiger partial charge in [-0.05, 0) is 31.2 Å². The van der Waals surface area contributed by atoms with Crippen LogP contribution in [0.4, 0.5) is 0 Å². The fourth-order valence-electron chi connectivity index (χ4n) is 1.92. The van der Waals surface area contributed by atoms with E-state index in [-0.39, 0.29) is 28.5 Å². The van der Waals surface area contributed by atoms with E-state index in [0.29, 0.717) is 5.75 Å². The number of allylic oxidation sites excluding steroid dienone is 1. The Morgan fingerprint density at radius 2 is 2.00 bits per heavy atom. The van der Waals surface area contributed by atoms with E-state index in [1.807, 2.05) is 0 Å². The van der Waals surface area contributed by atoms with E-state index in [1.54, 1.807) is 6.07 Å². The summed E-state index contributed by atoms with van der Waals surface area (Å²) in [4.78, 5) is 41.4. The number of methoxy groups -OCH3 is 2. The van der Waals surface area contributed by atoms with Crippen molar-refractivity contribution in [3.8, 4) is 17.4 Å². The number of nitrogens with zero attached hydrogens (tertiary/aromatic N) is 1. The molecular weight excluding hydrogens is 328 g/mol. The van der Waals surface area contributed by atoms with Gasteiger partial charge in [-0.2, -0.15) is 0 Å². The Balaban J connectivity index is 2.53. The third-order valence-corrected chi connectivity index (χ3v) is 3.14. The average Bonchev–Trinajstić information content (AvgIpc) is 2.60. The van der Waals surface area contributed by atoms with E-state index >= 15 is 0 Å². The van der Waals surface area contributed by atoms with Crippen molar-refractivity contribution >= 4 is 17.8 Å². The smallest absolute Gasteiger partial charge is 0.341 e. The normalized spacial score (nSPS) is 10.5. The number of carbonyl (C=O) groups excluding carboxylic acids is 2. The predicted octanol–water partition coefficient (Wildman–Crippen LogP) is 1.96. The van der Waals surface area contributed by atoms with E-state index in [2.05, 4.69) is 9.97 Å². The van der Waals surface area contributed by atoms with Gasteiger partial charge in [0.25, 0.3) is 5.56 Å². The van der Waals surface area contributed by atoms with Crippen LogP contribution in [0.25, 0.3) is 6.08 Å². The van der Waals surface area contributed by atoms with Crippen molar-refractivity contribution in [2.75, 3.05) is 14.2 Å². The largest absolute Gasteiger partial charge is 0.497 e. The van der Waals surface area contributed by atoms with Crippen LogP contribution in [-0.4, -0.2) is 35.9 Å². The number of H-pyrrole nitrogens is 1.